The van der Waals surface area contributed by atoms with Crippen molar-refractivity contribution >= 4 is 23.5 Å². The first kappa shape index (κ1) is 34.6. The molecule has 3 amide bonds. The number of amides is 3. The lowest BCUT2D eigenvalue weighted by atomic mass is 9.82. The van der Waals surface area contributed by atoms with Crippen molar-refractivity contribution in [2.24, 2.45) is 0 Å². The van der Waals surface area contributed by atoms with E-state index in [1.807, 2.05) is 54.3 Å². The van der Waals surface area contributed by atoms with Crippen LogP contribution in [0.15, 0.2) is 85.2 Å². The fourth-order valence-electron chi connectivity index (χ4n) is 6.34. The highest BCUT2D eigenvalue weighted by Gasteiger charge is 2.45. The largest absolute Gasteiger partial charge is 0.504 e. The third-order valence-corrected chi connectivity index (χ3v) is 9.01. The molecule has 4 aromatic rings. The second-order valence-electron chi connectivity index (χ2n) is 12.1. The minimum Gasteiger partial charge on any atom is -0.366 e. The zero-order valence-corrected chi connectivity index (χ0v) is 27.6. The third-order valence-electron chi connectivity index (χ3n) is 9.01. The van der Waals surface area contributed by atoms with E-state index >= 15 is 0 Å². The number of benzene rings is 2. The first-order valence-corrected chi connectivity index (χ1v) is 16.2. The van der Waals surface area contributed by atoms with Crippen LogP contribution >= 0.6 is 0 Å². The number of halogens is 3. The van der Waals surface area contributed by atoms with Crippen molar-refractivity contribution in [2.75, 3.05) is 31.3 Å². The number of hydrogen-bond acceptors (Lipinski definition) is 7. The summed E-state index contributed by atoms with van der Waals surface area (Å²) in [5.41, 5.74) is 2.57. The predicted molar refractivity (Wildman–Crippen MR) is 177 cm³/mol. The average molecular weight is 691 g/mol. The van der Waals surface area contributed by atoms with Crippen molar-refractivity contribution < 1.29 is 32.3 Å². The first-order valence-electron chi connectivity index (χ1n) is 16.2. The number of ether oxygens (including phenoxy) is 1. The summed E-state index contributed by atoms with van der Waals surface area (Å²) in [5.74, 6) is -2.02. The maximum absolute atomic E-state index is 14.3. The van der Waals surface area contributed by atoms with Crippen molar-refractivity contribution in [3.05, 3.63) is 108 Å². The predicted octanol–water partition coefficient (Wildman–Crippen LogP) is 4.08. The zero-order chi connectivity index (χ0) is 35.6. The van der Waals surface area contributed by atoms with Gasteiger partial charge in [0.05, 0.1) is 18.6 Å². The van der Waals surface area contributed by atoms with Crippen molar-refractivity contribution in [3.8, 4) is 5.69 Å². The molecule has 0 saturated carbocycles. The molecule has 1 unspecified atom stereocenters. The van der Waals surface area contributed by atoms with Gasteiger partial charge < -0.3 is 15.4 Å². The molecule has 2 aliphatic heterocycles. The van der Waals surface area contributed by atoms with Crippen LogP contribution in [-0.2, 0) is 27.2 Å². The Balaban J connectivity index is 1.32. The quantitative estimate of drug-likeness (QED) is 0.240. The lowest BCUT2D eigenvalue weighted by Crippen LogP contribution is -2.55. The number of hydrogen-bond donors (Lipinski definition) is 2. The summed E-state index contributed by atoms with van der Waals surface area (Å²) in [4.78, 5) is 44.3. The Morgan fingerprint density at radius 1 is 1.12 bits per heavy atom. The highest BCUT2D eigenvalue weighted by Crippen LogP contribution is 2.41. The van der Waals surface area contributed by atoms with Gasteiger partial charge in [-0.05, 0) is 49.6 Å². The molecule has 1 saturated heterocycles. The number of aromatic nitrogens is 4. The van der Waals surface area contributed by atoms with Crippen molar-refractivity contribution in [1.82, 2.24) is 35.1 Å². The van der Waals surface area contributed by atoms with Crippen LogP contribution in [0.3, 0.4) is 0 Å². The zero-order valence-electron chi connectivity index (χ0n) is 27.6. The van der Waals surface area contributed by atoms with Gasteiger partial charge in [-0.25, -0.2) is 4.68 Å². The number of para-hydroxylation sites is 1. The molecule has 2 aliphatic rings. The van der Waals surface area contributed by atoms with Crippen LogP contribution in [0.1, 0.15) is 53.4 Å². The first-order chi connectivity index (χ1) is 24.0. The van der Waals surface area contributed by atoms with Crippen molar-refractivity contribution in [3.63, 3.8) is 0 Å². The monoisotopic (exact) mass is 690 g/mol. The molecular formula is C35H37F3N8O4. The number of anilines is 1. The number of nitrogens with zero attached hydrogens (tertiary/aromatic N) is 6. The Labute approximate surface area is 286 Å². The molecule has 2 N–H and O–H groups in total. The highest BCUT2D eigenvalue weighted by atomic mass is 19.4. The molecule has 262 valence electrons. The number of carbonyl (C=O) groups is 3. The maximum Gasteiger partial charge on any atom is 0.504 e. The van der Waals surface area contributed by atoms with Gasteiger partial charge in [-0.15, -0.1) is 13.2 Å². The van der Waals surface area contributed by atoms with Gasteiger partial charge in [-0.1, -0.05) is 49.0 Å². The molecule has 0 bridgehead atoms. The van der Waals surface area contributed by atoms with E-state index in [0.29, 0.717) is 53.3 Å². The Bertz CT molecular complexity index is 1880. The van der Waals surface area contributed by atoms with E-state index in [1.165, 1.54) is 4.90 Å². The number of likely N-dealkylation sites (N-methyl/N-ethyl adjacent to an activating group) is 1. The van der Waals surface area contributed by atoms with Gasteiger partial charge in [-0.3, -0.25) is 24.2 Å². The van der Waals surface area contributed by atoms with Gasteiger partial charge in [0.2, 0.25) is 5.91 Å². The number of alkyl halides is 3. The molecule has 12 nitrogen and oxygen atoms in total. The SMILES string of the molecule is C=C(C(=O)NCc1cccc([C@@H]2c3cnn(-c4ccccc4)c3N(CC)C(=O)[C@H]2NC(=O)c2ccn(C(F)(F)F)n2)c1)C(C)N1CCCOC1. The summed E-state index contributed by atoms with van der Waals surface area (Å²) in [6.07, 6.45) is -1.67. The normalized spacial score (nSPS) is 18.7. The smallest absolute Gasteiger partial charge is 0.366 e. The van der Waals surface area contributed by atoms with E-state index in [9.17, 15) is 27.6 Å². The van der Waals surface area contributed by atoms with E-state index in [-0.39, 0.29) is 29.7 Å². The Morgan fingerprint density at radius 2 is 1.90 bits per heavy atom. The fraction of sp³-hybridized carbons (Fsp3) is 0.343. The molecule has 1 fully saturated rings. The van der Waals surface area contributed by atoms with Crippen molar-refractivity contribution in [2.45, 2.75) is 51.1 Å². The Hall–Kier alpha value is -5.28. The summed E-state index contributed by atoms with van der Waals surface area (Å²) >= 11 is 0. The molecule has 4 heterocycles. The lowest BCUT2D eigenvalue weighted by Gasteiger charge is -2.38. The van der Waals surface area contributed by atoms with Gasteiger partial charge >= 0.3 is 6.30 Å². The van der Waals surface area contributed by atoms with Gasteiger partial charge in [0.1, 0.15) is 17.6 Å². The lowest BCUT2D eigenvalue weighted by molar-refractivity contribution is -0.212. The molecule has 0 aliphatic carbocycles. The van der Waals surface area contributed by atoms with Crippen molar-refractivity contribution in [1.29, 1.82) is 0 Å². The third kappa shape index (κ3) is 6.91. The van der Waals surface area contributed by atoms with E-state index in [1.54, 1.807) is 29.9 Å². The summed E-state index contributed by atoms with van der Waals surface area (Å²) < 4.78 is 46.7. The number of nitrogens with one attached hydrogen (secondary N) is 2. The Kier molecular flexibility index (Phi) is 9.88. The number of rotatable bonds is 10. The van der Waals surface area contributed by atoms with E-state index < -0.39 is 35.8 Å². The van der Waals surface area contributed by atoms with Crippen LogP contribution in [0.5, 0.6) is 0 Å². The average Bonchev–Trinajstić information content (AvgIpc) is 3.80. The van der Waals surface area contributed by atoms with Gasteiger partial charge in [-0.2, -0.15) is 14.9 Å². The molecule has 2 aromatic heterocycles. The number of fused-ring (bicyclic) bond motifs is 1. The second-order valence-corrected chi connectivity index (χ2v) is 12.1. The molecule has 50 heavy (non-hydrogen) atoms. The molecule has 2 aromatic carbocycles. The van der Waals surface area contributed by atoms with Crippen LogP contribution in [0.4, 0.5) is 19.0 Å². The van der Waals surface area contributed by atoms with Crippen LogP contribution in [-0.4, -0.2) is 80.7 Å². The summed E-state index contributed by atoms with van der Waals surface area (Å²) in [6, 6.07) is 16.0. The Morgan fingerprint density at radius 3 is 2.58 bits per heavy atom. The van der Waals surface area contributed by atoms with Gasteiger partial charge in [0, 0.05) is 55.5 Å². The summed E-state index contributed by atoms with van der Waals surface area (Å²) in [6.45, 7) is 10.00. The van der Waals surface area contributed by atoms with Gasteiger partial charge in [0.25, 0.3) is 11.8 Å². The highest BCUT2D eigenvalue weighted by molar-refractivity contribution is 6.04. The van der Waals surface area contributed by atoms with E-state index in [0.717, 1.165) is 19.0 Å². The van der Waals surface area contributed by atoms with Crippen LogP contribution < -0.4 is 15.5 Å². The summed E-state index contributed by atoms with van der Waals surface area (Å²) in [5, 5.41) is 13.6. The molecule has 6 rings (SSSR count). The standard InChI is InChI=1S/C35H37F3N8O4/c1-4-44-33-27(20-40-46(33)26-12-6-5-7-13-26)29(30(34(44)49)41-32(48)28-14-16-45(42-28)35(36,37)38)25-11-8-10-24(18-25)19-39-31(47)22(2)23(3)43-15-9-17-50-21-43/h5-8,10-14,16,18,20,23,29-30H,2,4,9,15,17,19,21H2,1,3H3,(H,39,47)(H,41,48)/t23?,29-,30+/m1/s1. The van der Waals surface area contributed by atoms with Crippen LogP contribution in [0.25, 0.3) is 5.69 Å². The van der Waals surface area contributed by atoms with Crippen LogP contribution in [0.2, 0.25) is 0 Å². The molecule has 0 radical (unpaired) electrons. The molecule has 3 atom stereocenters. The number of carbonyl (C=O) groups excluding carboxylic acids is 3. The van der Waals surface area contributed by atoms with Crippen LogP contribution in [0, 0.1) is 0 Å². The molecule has 15 heteroatoms. The second kappa shape index (κ2) is 14.3. The fourth-order valence-corrected chi connectivity index (χ4v) is 6.34. The topological polar surface area (TPSA) is 127 Å². The minimum absolute atomic E-state index is 0.151. The summed E-state index contributed by atoms with van der Waals surface area (Å²) in [7, 11) is 0. The maximum atomic E-state index is 14.3. The minimum atomic E-state index is -4.82. The van der Waals surface area contributed by atoms with Gasteiger partial charge in [0.15, 0.2) is 0 Å². The van der Waals surface area contributed by atoms with E-state index in [4.69, 9.17) is 4.74 Å². The molecular weight excluding hydrogens is 653 g/mol. The van der Waals surface area contributed by atoms with E-state index in [2.05, 4.69) is 27.4 Å². The molecule has 0 spiro atoms.